The highest BCUT2D eigenvalue weighted by Gasteiger charge is 2.07. The maximum absolute atomic E-state index is 11.5. The quantitative estimate of drug-likeness (QED) is 0.297. The molecule has 2 N–H and O–H groups in total. The number of rotatable bonds is 6. The van der Waals surface area contributed by atoms with Gasteiger partial charge in [0.05, 0.1) is 17.1 Å². The molecule has 0 bridgehead atoms. The van der Waals surface area contributed by atoms with Gasteiger partial charge in [0.15, 0.2) is 20.8 Å². The van der Waals surface area contributed by atoms with Gasteiger partial charge in [0.1, 0.15) is 0 Å². The van der Waals surface area contributed by atoms with Crippen LogP contribution >= 0.6 is 35.3 Å². The van der Waals surface area contributed by atoms with Crippen molar-refractivity contribution in [2.75, 3.05) is 19.8 Å². The number of nitrogens with zero attached hydrogens (tertiary/aromatic N) is 3. The van der Waals surface area contributed by atoms with Gasteiger partial charge in [0.2, 0.25) is 0 Å². The Morgan fingerprint density at radius 1 is 1.26 bits per heavy atom. The molecule has 146 valence electrons. The van der Waals surface area contributed by atoms with Gasteiger partial charge in [-0.25, -0.2) is 13.4 Å². The van der Waals surface area contributed by atoms with E-state index in [9.17, 15) is 8.42 Å². The summed E-state index contributed by atoms with van der Waals surface area (Å²) in [5.41, 5.74) is 2.02. The fourth-order valence-electron chi connectivity index (χ4n) is 2.48. The molecular formula is C17H22IN5O2S2. The summed E-state index contributed by atoms with van der Waals surface area (Å²) in [6.45, 7) is 1.29. The zero-order valence-electron chi connectivity index (χ0n) is 15.0. The largest absolute Gasteiger partial charge is 0.356 e. The number of imidazole rings is 1. The minimum atomic E-state index is -3.15. The maximum Gasteiger partial charge on any atom is 0.193 e. The second-order valence-electron chi connectivity index (χ2n) is 5.84. The van der Waals surface area contributed by atoms with Crippen LogP contribution in [-0.2, 0) is 22.8 Å². The van der Waals surface area contributed by atoms with Gasteiger partial charge in [0.25, 0.3) is 0 Å². The van der Waals surface area contributed by atoms with Crippen LogP contribution in [0.1, 0.15) is 11.3 Å². The summed E-state index contributed by atoms with van der Waals surface area (Å²) in [7, 11) is -1.42. The predicted molar refractivity (Wildman–Crippen MR) is 120 cm³/mol. The lowest BCUT2D eigenvalue weighted by Crippen LogP contribution is -2.37. The van der Waals surface area contributed by atoms with Gasteiger partial charge in [-0.1, -0.05) is 12.1 Å². The zero-order valence-corrected chi connectivity index (χ0v) is 19.0. The molecule has 0 amide bonds. The average molecular weight is 519 g/mol. The van der Waals surface area contributed by atoms with E-state index in [1.165, 1.54) is 6.26 Å². The number of aliphatic imine (C=N–C) groups is 1. The predicted octanol–water partition coefficient (Wildman–Crippen LogP) is 2.33. The Balaban J connectivity index is 0.00000261. The first-order chi connectivity index (χ1) is 12.5. The molecule has 3 aromatic rings. The van der Waals surface area contributed by atoms with Gasteiger partial charge in [-0.2, -0.15) is 0 Å². The molecule has 27 heavy (non-hydrogen) atoms. The number of benzene rings is 1. The summed E-state index contributed by atoms with van der Waals surface area (Å²) in [5, 5.41) is 8.49. The minimum Gasteiger partial charge on any atom is -0.356 e. The summed E-state index contributed by atoms with van der Waals surface area (Å²) in [5.74, 6) is 0.703. The zero-order chi connectivity index (χ0) is 18.6. The Bertz CT molecular complexity index is 981. The molecule has 3 rings (SSSR count). The van der Waals surface area contributed by atoms with Crippen LogP contribution in [0.15, 0.2) is 51.9 Å². The van der Waals surface area contributed by atoms with E-state index in [0.717, 1.165) is 22.6 Å². The van der Waals surface area contributed by atoms with E-state index in [-0.39, 0.29) is 24.0 Å². The minimum absolute atomic E-state index is 0. The van der Waals surface area contributed by atoms with E-state index < -0.39 is 9.84 Å². The molecule has 0 aliphatic rings. The van der Waals surface area contributed by atoms with Crippen LogP contribution < -0.4 is 10.6 Å². The second-order valence-corrected chi connectivity index (χ2v) is 8.73. The highest BCUT2D eigenvalue weighted by atomic mass is 127. The Labute approximate surface area is 179 Å². The first-order valence-corrected chi connectivity index (χ1v) is 10.9. The molecule has 0 aliphatic heterocycles. The van der Waals surface area contributed by atoms with E-state index in [2.05, 4.69) is 20.6 Å². The highest BCUT2D eigenvalue weighted by molar-refractivity contribution is 14.0. The Morgan fingerprint density at radius 2 is 2.00 bits per heavy atom. The lowest BCUT2D eigenvalue weighted by atomic mass is 10.1. The van der Waals surface area contributed by atoms with Crippen molar-refractivity contribution >= 4 is 56.1 Å². The van der Waals surface area contributed by atoms with Gasteiger partial charge in [-0.05, 0) is 24.1 Å². The number of aromatic nitrogens is 2. The first kappa shape index (κ1) is 21.6. The van der Waals surface area contributed by atoms with Crippen LogP contribution in [0.4, 0.5) is 0 Å². The van der Waals surface area contributed by atoms with E-state index in [0.29, 0.717) is 23.9 Å². The van der Waals surface area contributed by atoms with Crippen molar-refractivity contribution in [1.82, 2.24) is 20.0 Å². The SMILES string of the molecule is CN=C(NCCc1ccc(S(C)(=O)=O)cc1)NCc1cn2ccsc2n1.I. The standard InChI is InChI=1S/C17H21N5O2S2.HI/c1-18-16(20-11-14-12-22-9-10-25-17(22)21-14)19-8-7-13-3-5-15(6-4-13)26(2,23)24;/h3-6,9-10,12H,7-8,11H2,1-2H3,(H2,18,19,20);1H. The molecule has 2 heterocycles. The third kappa shape index (κ3) is 5.91. The van der Waals surface area contributed by atoms with Gasteiger partial charge in [-0.3, -0.25) is 9.39 Å². The monoisotopic (exact) mass is 519 g/mol. The van der Waals surface area contributed by atoms with Crippen molar-refractivity contribution in [2.45, 2.75) is 17.9 Å². The second kappa shape index (κ2) is 9.51. The fourth-order valence-corrected chi connectivity index (χ4v) is 3.83. The molecule has 0 fully saturated rings. The molecule has 0 saturated carbocycles. The molecule has 7 nitrogen and oxygen atoms in total. The number of guanidine groups is 1. The van der Waals surface area contributed by atoms with Crippen molar-refractivity contribution in [3.63, 3.8) is 0 Å². The summed E-state index contributed by atoms with van der Waals surface area (Å²) >= 11 is 1.60. The van der Waals surface area contributed by atoms with Gasteiger partial charge in [-0.15, -0.1) is 35.3 Å². The van der Waals surface area contributed by atoms with Gasteiger partial charge in [0, 0.05) is 37.6 Å². The summed E-state index contributed by atoms with van der Waals surface area (Å²) in [6, 6.07) is 6.96. The lowest BCUT2D eigenvalue weighted by molar-refractivity contribution is 0.602. The molecule has 0 unspecified atom stereocenters. The van der Waals surface area contributed by atoms with Crippen LogP contribution in [-0.4, -0.2) is 43.6 Å². The molecule has 10 heteroatoms. The van der Waals surface area contributed by atoms with Crippen LogP contribution in [0.3, 0.4) is 0 Å². The summed E-state index contributed by atoms with van der Waals surface area (Å²) in [6.07, 6.45) is 5.96. The Morgan fingerprint density at radius 3 is 2.63 bits per heavy atom. The van der Waals surface area contributed by atoms with Crippen LogP contribution in [0, 0.1) is 0 Å². The number of sulfone groups is 1. The Hall–Kier alpha value is -1.66. The normalized spacial score (nSPS) is 12.0. The molecule has 0 atom stereocenters. The van der Waals surface area contributed by atoms with Crippen LogP contribution in [0.5, 0.6) is 0 Å². The number of nitrogens with one attached hydrogen (secondary N) is 2. The number of halogens is 1. The number of thiazole rings is 1. The van der Waals surface area contributed by atoms with E-state index in [1.54, 1.807) is 30.5 Å². The smallest absolute Gasteiger partial charge is 0.193 e. The van der Waals surface area contributed by atoms with E-state index in [1.807, 2.05) is 34.3 Å². The summed E-state index contributed by atoms with van der Waals surface area (Å²) in [4.78, 5) is 10.0. The van der Waals surface area contributed by atoms with E-state index >= 15 is 0 Å². The van der Waals surface area contributed by atoms with Crippen molar-refractivity contribution in [3.05, 3.63) is 53.3 Å². The topological polar surface area (TPSA) is 87.9 Å². The van der Waals surface area contributed by atoms with Crippen molar-refractivity contribution in [3.8, 4) is 0 Å². The molecule has 0 spiro atoms. The maximum atomic E-state index is 11.5. The summed E-state index contributed by atoms with van der Waals surface area (Å²) < 4.78 is 24.9. The molecule has 0 aliphatic carbocycles. The Kier molecular flexibility index (Phi) is 7.62. The molecular weight excluding hydrogens is 497 g/mol. The molecule has 0 radical (unpaired) electrons. The fraction of sp³-hybridized carbons (Fsp3) is 0.294. The third-order valence-electron chi connectivity index (χ3n) is 3.86. The van der Waals surface area contributed by atoms with Crippen LogP contribution in [0.25, 0.3) is 4.96 Å². The number of fused-ring (bicyclic) bond motifs is 1. The molecule has 0 saturated heterocycles. The van der Waals surface area contributed by atoms with E-state index in [4.69, 9.17) is 0 Å². The number of hydrogen-bond donors (Lipinski definition) is 2. The van der Waals surface area contributed by atoms with Crippen molar-refractivity contribution in [1.29, 1.82) is 0 Å². The molecule has 1 aromatic carbocycles. The number of hydrogen-bond acceptors (Lipinski definition) is 5. The van der Waals surface area contributed by atoms with Crippen molar-refractivity contribution < 1.29 is 8.42 Å². The molecule has 2 aromatic heterocycles. The average Bonchev–Trinajstić information content (AvgIpc) is 3.19. The highest BCUT2D eigenvalue weighted by Crippen LogP contribution is 2.11. The lowest BCUT2D eigenvalue weighted by Gasteiger charge is -2.11. The first-order valence-electron chi connectivity index (χ1n) is 8.10. The van der Waals surface area contributed by atoms with Gasteiger partial charge < -0.3 is 10.6 Å². The van der Waals surface area contributed by atoms with Crippen molar-refractivity contribution in [2.24, 2.45) is 4.99 Å². The third-order valence-corrected chi connectivity index (χ3v) is 5.76. The van der Waals surface area contributed by atoms with Crippen LogP contribution in [0.2, 0.25) is 0 Å². The van der Waals surface area contributed by atoms with Gasteiger partial charge >= 0.3 is 0 Å².